The zero-order chi connectivity index (χ0) is 15.0. The van der Waals surface area contributed by atoms with Crippen molar-refractivity contribution in [2.45, 2.75) is 32.8 Å². The van der Waals surface area contributed by atoms with Crippen molar-refractivity contribution in [3.8, 4) is 0 Å². The van der Waals surface area contributed by atoms with Crippen molar-refractivity contribution in [1.29, 1.82) is 0 Å². The Morgan fingerprint density at radius 2 is 2.20 bits per heavy atom. The zero-order valence-corrected chi connectivity index (χ0v) is 12.5. The number of pyridine rings is 1. The predicted molar refractivity (Wildman–Crippen MR) is 79.7 cm³/mol. The molecule has 4 N–H and O–H groups in total. The lowest BCUT2D eigenvalue weighted by atomic mass is 10.2. The van der Waals surface area contributed by atoms with Crippen LogP contribution >= 0.6 is 11.6 Å². The summed E-state index contributed by atoms with van der Waals surface area (Å²) in [6.45, 7) is 5.29. The summed E-state index contributed by atoms with van der Waals surface area (Å²) in [5, 5.41) is 3.03. The van der Waals surface area contributed by atoms with Crippen molar-refractivity contribution in [2.24, 2.45) is 5.84 Å². The molecular formula is C13H21ClN4O2. The first-order valence-corrected chi connectivity index (χ1v) is 6.94. The molecule has 7 heteroatoms. The maximum Gasteiger partial charge on any atom is 0.251 e. The molecular weight excluding hydrogens is 280 g/mol. The van der Waals surface area contributed by atoms with Gasteiger partial charge < -0.3 is 15.5 Å². The van der Waals surface area contributed by atoms with Gasteiger partial charge in [0.1, 0.15) is 11.0 Å². The fourth-order valence-electron chi connectivity index (χ4n) is 1.55. The minimum atomic E-state index is -0.199. The van der Waals surface area contributed by atoms with Crippen LogP contribution in [-0.2, 0) is 4.74 Å². The number of nitrogens with two attached hydrogens (primary N) is 1. The molecule has 0 saturated heterocycles. The van der Waals surface area contributed by atoms with Crippen LogP contribution in [0.15, 0.2) is 12.1 Å². The Kier molecular flexibility index (Phi) is 7.28. The fraction of sp³-hybridized carbons (Fsp3) is 0.538. The molecule has 1 aromatic rings. The third kappa shape index (κ3) is 6.18. The summed E-state index contributed by atoms with van der Waals surface area (Å²) < 4.78 is 5.42. The number of halogens is 1. The van der Waals surface area contributed by atoms with E-state index in [9.17, 15) is 4.79 Å². The van der Waals surface area contributed by atoms with Gasteiger partial charge in [-0.15, -0.1) is 0 Å². The molecule has 6 nitrogen and oxygen atoms in total. The molecule has 1 aromatic heterocycles. The zero-order valence-electron chi connectivity index (χ0n) is 11.8. The van der Waals surface area contributed by atoms with Gasteiger partial charge in [0, 0.05) is 18.7 Å². The topological polar surface area (TPSA) is 89.3 Å². The number of nitrogen functional groups attached to an aromatic ring is 1. The molecule has 0 saturated carbocycles. The molecule has 112 valence electrons. The summed E-state index contributed by atoms with van der Waals surface area (Å²) in [5.41, 5.74) is 2.79. The van der Waals surface area contributed by atoms with E-state index in [1.807, 2.05) is 13.8 Å². The highest BCUT2D eigenvalue weighted by Crippen LogP contribution is 2.13. The standard InChI is InChI=1S/C13H21ClN4O2/c1-9(2)20-6-4-3-5-16-13(19)10-7-11(14)17-12(8-10)18-15/h7-9H,3-6,15H2,1-2H3,(H,16,19)(H,17,18). The van der Waals surface area contributed by atoms with Gasteiger partial charge in [0.15, 0.2) is 0 Å². The molecule has 0 aliphatic heterocycles. The van der Waals surface area contributed by atoms with E-state index in [0.29, 0.717) is 24.5 Å². The Labute approximate surface area is 124 Å². The summed E-state index contributed by atoms with van der Waals surface area (Å²) in [6.07, 6.45) is 2.01. The van der Waals surface area contributed by atoms with Gasteiger partial charge in [-0.3, -0.25) is 4.79 Å². The van der Waals surface area contributed by atoms with Crippen LogP contribution < -0.4 is 16.6 Å². The van der Waals surface area contributed by atoms with Crippen LogP contribution in [0.4, 0.5) is 5.82 Å². The van der Waals surface area contributed by atoms with Crippen LogP contribution in [0.25, 0.3) is 0 Å². The van der Waals surface area contributed by atoms with Crippen LogP contribution in [0.2, 0.25) is 5.15 Å². The lowest BCUT2D eigenvalue weighted by Crippen LogP contribution is -2.25. The molecule has 0 atom stereocenters. The van der Waals surface area contributed by atoms with Crippen LogP contribution in [0.1, 0.15) is 37.0 Å². The van der Waals surface area contributed by atoms with Gasteiger partial charge in [-0.2, -0.15) is 0 Å². The highest BCUT2D eigenvalue weighted by Gasteiger charge is 2.08. The summed E-state index contributed by atoms with van der Waals surface area (Å²) in [4.78, 5) is 15.8. The third-order valence-electron chi connectivity index (χ3n) is 2.51. The van der Waals surface area contributed by atoms with Crippen LogP contribution in [0.3, 0.4) is 0 Å². The number of nitrogens with one attached hydrogen (secondary N) is 2. The number of nitrogens with zero attached hydrogens (tertiary/aromatic N) is 1. The largest absolute Gasteiger partial charge is 0.379 e. The van der Waals surface area contributed by atoms with Gasteiger partial charge in [0.25, 0.3) is 5.91 Å². The predicted octanol–water partition coefficient (Wildman–Crippen LogP) is 1.96. The van der Waals surface area contributed by atoms with Crippen LogP contribution in [0, 0.1) is 0 Å². The first-order valence-electron chi connectivity index (χ1n) is 6.57. The molecule has 0 radical (unpaired) electrons. The number of hydrogen-bond donors (Lipinski definition) is 3. The van der Waals surface area contributed by atoms with E-state index >= 15 is 0 Å². The average molecular weight is 301 g/mol. The third-order valence-corrected chi connectivity index (χ3v) is 2.71. The quantitative estimate of drug-likeness (QED) is 0.295. The first-order chi connectivity index (χ1) is 9.52. The number of hydrazine groups is 1. The average Bonchev–Trinajstić information content (AvgIpc) is 2.41. The minimum absolute atomic E-state index is 0.199. The van der Waals surface area contributed by atoms with Crippen molar-refractivity contribution in [1.82, 2.24) is 10.3 Å². The van der Waals surface area contributed by atoms with Gasteiger partial charge in [0.05, 0.1) is 6.10 Å². The first kappa shape index (κ1) is 16.7. The molecule has 0 aliphatic carbocycles. The van der Waals surface area contributed by atoms with Crippen molar-refractivity contribution in [3.63, 3.8) is 0 Å². The summed E-state index contributed by atoms with van der Waals surface area (Å²) in [5.74, 6) is 5.41. The van der Waals surface area contributed by atoms with E-state index in [4.69, 9.17) is 22.2 Å². The number of rotatable bonds is 8. The highest BCUT2D eigenvalue weighted by atomic mass is 35.5. The number of unbranched alkanes of at least 4 members (excludes halogenated alkanes) is 1. The SMILES string of the molecule is CC(C)OCCCCNC(=O)c1cc(Cl)nc(NN)c1. The van der Waals surface area contributed by atoms with Gasteiger partial charge in [-0.05, 0) is 38.8 Å². The molecule has 0 aromatic carbocycles. The highest BCUT2D eigenvalue weighted by molar-refractivity contribution is 6.29. The molecule has 0 fully saturated rings. The van der Waals surface area contributed by atoms with Crippen molar-refractivity contribution >= 4 is 23.3 Å². The van der Waals surface area contributed by atoms with Gasteiger partial charge in [-0.25, -0.2) is 10.8 Å². The fourth-order valence-corrected chi connectivity index (χ4v) is 1.76. The van der Waals surface area contributed by atoms with Crippen LogP contribution in [0.5, 0.6) is 0 Å². The number of anilines is 1. The Morgan fingerprint density at radius 3 is 2.85 bits per heavy atom. The van der Waals surface area contributed by atoms with E-state index in [1.165, 1.54) is 6.07 Å². The number of amides is 1. The van der Waals surface area contributed by atoms with Gasteiger partial charge in [0.2, 0.25) is 0 Å². The normalized spacial score (nSPS) is 10.7. The molecule has 0 bridgehead atoms. The number of hydrogen-bond acceptors (Lipinski definition) is 5. The van der Waals surface area contributed by atoms with Crippen molar-refractivity contribution < 1.29 is 9.53 Å². The smallest absolute Gasteiger partial charge is 0.251 e. The minimum Gasteiger partial charge on any atom is -0.379 e. The Bertz CT molecular complexity index is 440. The summed E-state index contributed by atoms with van der Waals surface area (Å²) >= 11 is 5.80. The second kappa shape index (κ2) is 8.73. The molecule has 0 unspecified atom stereocenters. The van der Waals surface area contributed by atoms with E-state index in [-0.39, 0.29) is 17.2 Å². The van der Waals surface area contributed by atoms with E-state index in [2.05, 4.69) is 15.7 Å². The monoisotopic (exact) mass is 300 g/mol. The maximum absolute atomic E-state index is 11.9. The lowest BCUT2D eigenvalue weighted by Gasteiger charge is -2.08. The van der Waals surface area contributed by atoms with Crippen LogP contribution in [-0.4, -0.2) is 30.1 Å². The molecule has 1 rings (SSSR count). The van der Waals surface area contributed by atoms with Gasteiger partial charge >= 0.3 is 0 Å². The second-order valence-electron chi connectivity index (χ2n) is 4.59. The Hall–Kier alpha value is -1.37. The Morgan fingerprint density at radius 1 is 1.45 bits per heavy atom. The number of carbonyl (C=O) groups excluding carboxylic acids is 1. The Balaban J connectivity index is 2.34. The van der Waals surface area contributed by atoms with Crippen molar-refractivity contribution in [2.75, 3.05) is 18.6 Å². The molecule has 0 spiro atoms. The molecule has 1 amide bonds. The summed E-state index contributed by atoms with van der Waals surface area (Å²) in [6, 6.07) is 3.04. The number of aromatic nitrogens is 1. The number of carbonyl (C=O) groups is 1. The number of ether oxygens (including phenoxy) is 1. The molecule has 20 heavy (non-hydrogen) atoms. The second-order valence-corrected chi connectivity index (χ2v) is 4.98. The molecule has 1 heterocycles. The van der Waals surface area contributed by atoms with Gasteiger partial charge in [-0.1, -0.05) is 11.6 Å². The van der Waals surface area contributed by atoms with E-state index in [0.717, 1.165) is 12.8 Å². The van der Waals surface area contributed by atoms with E-state index in [1.54, 1.807) is 6.07 Å². The van der Waals surface area contributed by atoms with Crippen molar-refractivity contribution in [3.05, 3.63) is 22.8 Å². The molecule has 0 aliphatic rings. The maximum atomic E-state index is 11.9. The lowest BCUT2D eigenvalue weighted by molar-refractivity contribution is 0.0754. The van der Waals surface area contributed by atoms with E-state index < -0.39 is 0 Å². The summed E-state index contributed by atoms with van der Waals surface area (Å²) in [7, 11) is 0.